The summed E-state index contributed by atoms with van der Waals surface area (Å²) < 4.78 is 0. The highest BCUT2D eigenvalue weighted by Crippen LogP contribution is 2.17. The van der Waals surface area contributed by atoms with Crippen molar-refractivity contribution in [3.63, 3.8) is 0 Å². The molecule has 1 heterocycles. The molecule has 0 bridgehead atoms. The highest BCUT2D eigenvalue weighted by atomic mass is 16.2. The average molecular weight is 378 g/mol. The first-order valence-electron chi connectivity index (χ1n) is 11.8. The van der Waals surface area contributed by atoms with Crippen molar-refractivity contribution in [2.24, 2.45) is 0 Å². The second-order valence-electron chi connectivity index (χ2n) is 8.12. The van der Waals surface area contributed by atoms with Gasteiger partial charge in [-0.25, -0.2) is 0 Å². The highest BCUT2D eigenvalue weighted by Gasteiger charge is 2.28. The molecular weight excluding hydrogens is 334 g/mol. The van der Waals surface area contributed by atoms with Crippen molar-refractivity contribution >= 4 is 11.8 Å². The molecule has 3 nitrogen and oxygen atoms in total. The standard InChI is InChI=1S/C24H43NO2/c1-3-5-6-7-8-9-10-11-12-13-14-15-16-17-18-19-20-25-23(26)21-22(4-2)24(25)27/h21H,3-20H2,1-2H3. The van der Waals surface area contributed by atoms with E-state index >= 15 is 0 Å². The third-order valence-electron chi connectivity index (χ3n) is 5.70. The molecule has 27 heavy (non-hydrogen) atoms. The van der Waals surface area contributed by atoms with Gasteiger partial charge in [0.1, 0.15) is 0 Å². The minimum atomic E-state index is -0.113. The van der Waals surface area contributed by atoms with Gasteiger partial charge in [-0.15, -0.1) is 0 Å². The van der Waals surface area contributed by atoms with Crippen molar-refractivity contribution in [1.29, 1.82) is 0 Å². The zero-order valence-electron chi connectivity index (χ0n) is 18.1. The largest absolute Gasteiger partial charge is 0.275 e. The molecular formula is C24H43NO2. The molecule has 0 N–H and O–H groups in total. The topological polar surface area (TPSA) is 37.4 Å². The van der Waals surface area contributed by atoms with Gasteiger partial charge in [0, 0.05) is 18.2 Å². The van der Waals surface area contributed by atoms with Crippen molar-refractivity contribution in [1.82, 2.24) is 4.90 Å². The van der Waals surface area contributed by atoms with Crippen molar-refractivity contribution < 1.29 is 9.59 Å². The third-order valence-corrected chi connectivity index (χ3v) is 5.70. The van der Waals surface area contributed by atoms with Gasteiger partial charge in [0.15, 0.2) is 0 Å². The zero-order valence-corrected chi connectivity index (χ0v) is 18.1. The molecule has 0 saturated heterocycles. The summed E-state index contributed by atoms with van der Waals surface area (Å²) in [5, 5.41) is 0. The second kappa shape index (κ2) is 15.9. The quantitative estimate of drug-likeness (QED) is 0.191. The van der Waals surface area contributed by atoms with Gasteiger partial charge in [0.2, 0.25) is 0 Å². The second-order valence-corrected chi connectivity index (χ2v) is 8.12. The van der Waals surface area contributed by atoms with Crippen LogP contribution in [0.25, 0.3) is 0 Å². The average Bonchev–Trinajstić information content (AvgIpc) is 2.95. The Bertz CT molecular complexity index is 442. The molecule has 156 valence electrons. The molecule has 0 radical (unpaired) electrons. The molecule has 3 heteroatoms. The van der Waals surface area contributed by atoms with E-state index in [1.165, 1.54) is 101 Å². The number of carbonyl (C=O) groups excluding carboxylic acids is 2. The van der Waals surface area contributed by atoms with E-state index in [-0.39, 0.29) is 11.8 Å². The molecule has 2 amide bonds. The number of rotatable bonds is 18. The van der Waals surface area contributed by atoms with Gasteiger partial charge in [-0.3, -0.25) is 14.5 Å². The van der Waals surface area contributed by atoms with Crippen LogP contribution in [0.5, 0.6) is 0 Å². The number of nitrogens with zero attached hydrogens (tertiary/aromatic N) is 1. The van der Waals surface area contributed by atoms with Crippen LogP contribution in [0.2, 0.25) is 0 Å². The number of unbranched alkanes of at least 4 members (excludes halogenated alkanes) is 15. The highest BCUT2D eigenvalue weighted by molar-refractivity contribution is 6.16. The monoisotopic (exact) mass is 377 g/mol. The SMILES string of the molecule is CCCCCCCCCCCCCCCCCCN1C(=O)C=C(CC)C1=O. The lowest BCUT2D eigenvalue weighted by atomic mass is 10.0. The number of carbonyl (C=O) groups is 2. The Morgan fingerprint density at radius 3 is 1.41 bits per heavy atom. The fourth-order valence-electron chi connectivity index (χ4n) is 3.85. The van der Waals surface area contributed by atoms with Crippen LogP contribution in [0, 0.1) is 0 Å². The van der Waals surface area contributed by atoms with Gasteiger partial charge in [-0.2, -0.15) is 0 Å². The van der Waals surface area contributed by atoms with Crippen LogP contribution in [0.15, 0.2) is 11.6 Å². The number of amides is 2. The van der Waals surface area contributed by atoms with E-state index in [9.17, 15) is 9.59 Å². The Hall–Kier alpha value is -1.12. The fourth-order valence-corrected chi connectivity index (χ4v) is 3.85. The summed E-state index contributed by atoms with van der Waals surface area (Å²) >= 11 is 0. The van der Waals surface area contributed by atoms with Crippen LogP contribution in [0.1, 0.15) is 123 Å². The summed E-state index contributed by atoms with van der Waals surface area (Å²) in [7, 11) is 0. The van der Waals surface area contributed by atoms with E-state index in [1.807, 2.05) is 6.92 Å². The molecule has 0 aromatic carbocycles. The first-order valence-corrected chi connectivity index (χ1v) is 11.8. The minimum Gasteiger partial charge on any atom is -0.275 e. The smallest absolute Gasteiger partial charge is 0.256 e. The van der Waals surface area contributed by atoms with E-state index in [0.29, 0.717) is 18.5 Å². The molecule has 0 aromatic heterocycles. The molecule has 0 saturated carbocycles. The Balaban J connectivity index is 1.81. The summed E-state index contributed by atoms with van der Waals surface area (Å²) in [4.78, 5) is 25.2. The Labute approximate surface area is 168 Å². The number of hydrogen-bond donors (Lipinski definition) is 0. The van der Waals surface area contributed by atoms with E-state index in [1.54, 1.807) is 0 Å². The van der Waals surface area contributed by atoms with Gasteiger partial charge < -0.3 is 0 Å². The first kappa shape index (κ1) is 23.9. The molecule has 0 atom stereocenters. The van der Waals surface area contributed by atoms with E-state index in [0.717, 1.165) is 12.8 Å². The van der Waals surface area contributed by atoms with Crippen LogP contribution in [0.3, 0.4) is 0 Å². The predicted octanol–water partition coefficient (Wildman–Crippen LogP) is 6.95. The van der Waals surface area contributed by atoms with Crippen LogP contribution < -0.4 is 0 Å². The lowest BCUT2D eigenvalue weighted by Crippen LogP contribution is -2.31. The van der Waals surface area contributed by atoms with Crippen LogP contribution in [0.4, 0.5) is 0 Å². The van der Waals surface area contributed by atoms with Crippen molar-refractivity contribution in [3.8, 4) is 0 Å². The number of imide groups is 1. The molecule has 0 fully saturated rings. The van der Waals surface area contributed by atoms with E-state index < -0.39 is 0 Å². The van der Waals surface area contributed by atoms with Gasteiger partial charge in [0.05, 0.1) is 0 Å². The molecule has 1 aliphatic heterocycles. The maximum absolute atomic E-state index is 12.0. The summed E-state index contributed by atoms with van der Waals surface area (Å²) in [5.41, 5.74) is 0.663. The molecule has 0 spiro atoms. The third kappa shape index (κ3) is 10.7. The van der Waals surface area contributed by atoms with Crippen LogP contribution in [-0.4, -0.2) is 23.3 Å². The van der Waals surface area contributed by atoms with Gasteiger partial charge in [-0.1, -0.05) is 110 Å². The van der Waals surface area contributed by atoms with Crippen LogP contribution in [-0.2, 0) is 9.59 Å². The van der Waals surface area contributed by atoms with Crippen molar-refractivity contribution in [2.75, 3.05) is 6.54 Å². The van der Waals surface area contributed by atoms with Gasteiger partial charge in [-0.05, 0) is 12.8 Å². The summed E-state index contributed by atoms with van der Waals surface area (Å²) in [6.07, 6.45) is 23.6. The lowest BCUT2D eigenvalue weighted by molar-refractivity contribution is -0.137. The van der Waals surface area contributed by atoms with Crippen molar-refractivity contribution in [2.45, 2.75) is 123 Å². The maximum Gasteiger partial charge on any atom is 0.256 e. The Morgan fingerprint density at radius 1 is 0.630 bits per heavy atom. The summed E-state index contributed by atoms with van der Waals surface area (Å²) in [6.45, 7) is 4.80. The van der Waals surface area contributed by atoms with Crippen LogP contribution >= 0.6 is 0 Å². The molecule has 1 aliphatic rings. The van der Waals surface area contributed by atoms with E-state index in [2.05, 4.69) is 6.92 Å². The van der Waals surface area contributed by atoms with Crippen molar-refractivity contribution in [3.05, 3.63) is 11.6 Å². The summed E-state index contributed by atoms with van der Waals surface area (Å²) in [5.74, 6) is -0.179. The molecule has 0 unspecified atom stereocenters. The predicted molar refractivity (Wildman–Crippen MR) is 115 cm³/mol. The summed E-state index contributed by atoms with van der Waals surface area (Å²) in [6, 6.07) is 0. The Morgan fingerprint density at radius 2 is 1.04 bits per heavy atom. The van der Waals surface area contributed by atoms with E-state index in [4.69, 9.17) is 0 Å². The minimum absolute atomic E-state index is 0.0662. The van der Waals surface area contributed by atoms with Gasteiger partial charge >= 0.3 is 0 Å². The first-order chi connectivity index (χ1) is 13.2. The zero-order chi connectivity index (χ0) is 19.7. The lowest BCUT2D eigenvalue weighted by Gasteiger charge is -2.14. The maximum atomic E-state index is 12.0. The Kier molecular flexibility index (Phi) is 14.1. The molecule has 0 aromatic rings. The number of hydrogen-bond acceptors (Lipinski definition) is 2. The fraction of sp³-hybridized carbons (Fsp3) is 0.833. The normalized spacial score (nSPS) is 14.3. The molecule has 0 aliphatic carbocycles. The molecule has 1 rings (SSSR count). The van der Waals surface area contributed by atoms with Gasteiger partial charge in [0.25, 0.3) is 11.8 Å².